The topological polar surface area (TPSA) is 54.5 Å². The van der Waals surface area contributed by atoms with Gasteiger partial charge in [0, 0.05) is 39.4 Å². The van der Waals surface area contributed by atoms with E-state index >= 15 is 0 Å². The summed E-state index contributed by atoms with van der Waals surface area (Å²) >= 11 is 0. The molecule has 106 valence electrons. The molecule has 2 aromatic rings. The number of hydrogen-bond acceptors (Lipinski definition) is 4. The van der Waals surface area contributed by atoms with Gasteiger partial charge in [0.25, 0.3) is 5.91 Å². The van der Waals surface area contributed by atoms with Crippen molar-refractivity contribution >= 4 is 5.91 Å². The maximum Gasteiger partial charge on any atom is 0.272 e. The molecule has 0 bridgehead atoms. The van der Waals surface area contributed by atoms with Crippen LogP contribution in [0.15, 0.2) is 35.1 Å². The van der Waals surface area contributed by atoms with Gasteiger partial charge in [0.1, 0.15) is 11.5 Å². The van der Waals surface area contributed by atoms with Gasteiger partial charge in [0.15, 0.2) is 0 Å². The van der Waals surface area contributed by atoms with Crippen LogP contribution >= 0.6 is 0 Å². The van der Waals surface area contributed by atoms with E-state index in [2.05, 4.69) is 10.00 Å². The van der Waals surface area contributed by atoms with Gasteiger partial charge in [0.2, 0.25) is 0 Å². The SMILES string of the molecule is Cn1nccc1C(=O)N1CCN(Cc2ccco2)CC1. The number of aryl methyl sites for hydroxylation is 1. The molecule has 0 atom stereocenters. The zero-order chi connectivity index (χ0) is 13.9. The van der Waals surface area contributed by atoms with Crippen LogP contribution in [-0.2, 0) is 13.6 Å². The van der Waals surface area contributed by atoms with E-state index in [9.17, 15) is 4.79 Å². The smallest absolute Gasteiger partial charge is 0.272 e. The molecule has 1 fully saturated rings. The second kappa shape index (κ2) is 5.50. The lowest BCUT2D eigenvalue weighted by Crippen LogP contribution is -2.48. The van der Waals surface area contributed by atoms with Crippen LogP contribution in [0, 0.1) is 0 Å². The summed E-state index contributed by atoms with van der Waals surface area (Å²) in [6.45, 7) is 4.02. The average molecular weight is 274 g/mol. The fourth-order valence-corrected chi connectivity index (χ4v) is 2.48. The Morgan fingerprint density at radius 2 is 2.10 bits per heavy atom. The van der Waals surface area contributed by atoms with Crippen molar-refractivity contribution in [1.82, 2.24) is 19.6 Å². The molecule has 6 nitrogen and oxygen atoms in total. The molecule has 3 heterocycles. The molecular weight excluding hydrogens is 256 g/mol. The first kappa shape index (κ1) is 12.9. The summed E-state index contributed by atoms with van der Waals surface area (Å²) in [5.74, 6) is 1.03. The molecule has 1 saturated heterocycles. The van der Waals surface area contributed by atoms with Crippen LogP contribution in [0.25, 0.3) is 0 Å². The number of furan rings is 1. The summed E-state index contributed by atoms with van der Waals surface area (Å²) in [6.07, 6.45) is 3.35. The van der Waals surface area contributed by atoms with Crippen LogP contribution in [0.2, 0.25) is 0 Å². The molecule has 3 rings (SSSR count). The van der Waals surface area contributed by atoms with E-state index < -0.39 is 0 Å². The molecule has 0 unspecified atom stereocenters. The molecule has 20 heavy (non-hydrogen) atoms. The van der Waals surface area contributed by atoms with E-state index in [0.29, 0.717) is 5.69 Å². The van der Waals surface area contributed by atoms with Crippen molar-refractivity contribution in [3.8, 4) is 0 Å². The van der Waals surface area contributed by atoms with Gasteiger partial charge < -0.3 is 9.32 Å². The molecule has 1 aliphatic rings. The lowest BCUT2D eigenvalue weighted by Gasteiger charge is -2.34. The Morgan fingerprint density at radius 1 is 1.30 bits per heavy atom. The molecule has 0 aromatic carbocycles. The monoisotopic (exact) mass is 274 g/mol. The standard InChI is InChI=1S/C14H18N4O2/c1-16-13(4-5-15-16)14(19)18-8-6-17(7-9-18)11-12-3-2-10-20-12/h2-5,10H,6-9,11H2,1H3. The Hall–Kier alpha value is -2.08. The van der Waals surface area contributed by atoms with Gasteiger partial charge >= 0.3 is 0 Å². The molecule has 2 aromatic heterocycles. The zero-order valence-corrected chi connectivity index (χ0v) is 11.5. The van der Waals surface area contributed by atoms with Crippen LogP contribution in [0.5, 0.6) is 0 Å². The Balaban J connectivity index is 1.56. The molecule has 1 amide bonds. The maximum absolute atomic E-state index is 12.3. The molecule has 0 aliphatic carbocycles. The largest absolute Gasteiger partial charge is 0.468 e. The third-order valence-corrected chi connectivity index (χ3v) is 3.66. The number of rotatable bonds is 3. The summed E-state index contributed by atoms with van der Waals surface area (Å²) in [6, 6.07) is 5.64. The molecule has 0 spiro atoms. The van der Waals surface area contributed by atoms with Crippen molar-refractivity contribution in [1.29, 1.82) is 0 Å². The highest BCUT2D eigenvalue weighted by Crippen LogP contribution is 2.11. The molecule has 1 aliphatic heterocycles. The first-order chi connectivity index (χ1) is 9.74. The third kappa shape index (κ3) is 2.60. The van der Waals surface area contributed by atoms with E-state index in [1.54, 1.807) is 30.3 Å². The van der Waals surface area contributed by atoms with E-state index in [0.717, 1.165) is 38.5 Å². The van der Waals surface area contributed by atoms with Gasteiger partial charge in [-0.3, -0.25) is 14.4 Å². The third-order valence-electron chi connectivity index (χ3n) is 3.66. The van der Waals surface area contributed by atoms with Crippen molar-refractivity contribution in [2.24, 2.45) is 7.05 Å². The number of piperazine rings is 1. The Kier molecular flexibility index (Phi) is 3.56. The highest BCUT2D eigenvalue weighted by atomic mass is 16.3. The molecule has 6 heteroatoms. The minimum Gasteiger partial charge on any atom is -0.468 e. The first-order valence-electron chi connectivity index (χ1n) is 6.76. The Bertz CT molecular complexity index is 568. The van der Waals surface area contributed by atoms with E-state index in [1.807, 2.05) is 17.0 Å². The van der Waals surface area contributed by atoms with E-state index in [4.69, 9.17) is 4.42 Å². The first-order valence-corrected chi connectivity index (χ1v) is 6.76. The summed E-state index contributed by atoms with van der Waals surface area (Å²) < 4.78 is 6.97. The quantitative estimate of drug-likeness (QED) is 0.837. The number of carbonyl (C=O) groups is 1. The van der Waals surface area contributed by atoms with Crippen molar-refractivity contribution < 1.29 is 9.21 Å². The average Bonchev–Trinajstić information content (AvgIpc) is 3.10. The van der Waals surface area contributed by atoms with Gasteiger partial charge in [-0.25, -0.2) is 0 Å². The lowest BCUT2D eigenvalue weighted by atomic mass is 10.2. The number of nitrogens with zero attached hydrogens (tertiary/aromatic N) is 4. The normalized spacial score (nSPS) is 16.6. The van der Waals surface area contributed by atoms with Gasteiger partial charge in [0.05, 0.1) is 12.8 Å². The predicted molar refractivity (Wildman–Crippen MR) is 73.1 cm³/mol. The van der Waals surface area contributed by atoms with Gasteiger partial charge in [-0.15, -0.1) is 0 Å². The highest BCUT2D eigenvalue weighted by Gasteiger charge is 2.24. The summed E-state index contributed by atoms with van der Waals surface area (Å²) in [5.41, 5.74) is 0.643. The van der Waals surface area contributed by atoms with Crippen molar-refractivity contribution in [2.75, 3.05) is 26.2 Å². The van der Waals surface area contributed by atoms with Crippen molar-refractivity contribution in [2.45, 2.75) is 6.54 Å². The fourth-order valence-electron chi connectivity index (χ4n) is 2.48. The summed E-state index contributed by atoms with van der Waals surface area (Å²) in [4.78, 5) is 16.5. The minimum atomic E-state index is 0.0580. The Morgan fingerprint density at radius 3 is 2.70 bits per heavy atom. The number of amides is 1. The number of carbonyl (C=O) groups excluding carboxylic acids is 1. The minimum absolute atomic E-state index is 0.0580. The number of aromatic nitrogens is 2. The summed E-state index contributed by atoms with van der Waals surface area (Å²) in [7, 11) is 1.79. The van der Waals surface area contributed by atoms with E-state index in [1.165, 1.54) is 0 Å². The maximum atomic E-state index is 12.3. The molecule has 0 saturated carbocycles. The van der Waals surface area contributed by atoms with Gasteiger partial charge in [-0.1, -0.05) is 0 Å². The van der Waals surface area contributed by atoms with Crippen LogP contribution in [0.3, 0.4) is 0 Å². The molecule has 0 N–H and O–H groups in total. The predicted octanol–water partition coefficient (Wildman–Crippen LogP) is 0.971. The highest BCUT2D eigenvalue weighted by molar-refractivity contribution is 5.92. The van der Waals surface area contributed by atoms with Crippen LogP contribution in [0.1, 0.15) is 16.2 Å². The summed E-state index contributed by atoms with van der Waals surface area (Å²) in [5, 5.41) is 4.04. The zero-order valence-electron chi connectivity index (χ0n) is 11.5. The number of hydrogen-bond donors (Lipinski definition) is 0. The van der Waals surface area contributed by atoms with E-state index in [-0.39, 0.29) is 5.91 Å². The second-order valence-corrected chi connectivity index (χ2v) is 4.99. The van der Waals surface area contributed by atoms with Gasteiger partial charge in [-0.2, -0.15) is 5.10 Å². The van der Waals surface area contributed by atoms with Crippen LogP contribution < -0.4 is 0 Å². The molecular formula is C14H18N4O2. The van der Waals surface area contributed by atoms with Crippen molar-refractivity contribution in [3.05, 3.63) is 42.1 Å². The van der Waals surface area contributed by atoms with Crippen molar-refractivity contribution in [3.63, 3.8) is 0 Å². The Labute approximate surface area is 117 Å². The van der Waals surface area contributed by atoms with Crippen LogP contribution in [0.4, 0.5) is 0 Å². The van der Waals surface area contributed by atoms with Crippen LogP contribution in [-0.4, -0.2) is 51.7 Å². The molecule has 0 radical (unpaired) electrons. The second-order valence-electron chi connectivity index (χ2n) is 4.99. The van der Waals surface area contributed by atoms with Gasteiger partial charge in [-0.05, 0) is 18.2 Å². The fraction of sp³-hybridized carbons (Fsp3) is 0.429. The lowest BCUT2D eigenvalue weighted by molar-refractivity contribution is 0.0610.